The highest BCUT2D eigenvalue weighted by Gasteiger charge is 2.42. The Morgan fingerprint density at radius 3 is 2.56 bits per heavy atom. The zero-order valence-corrected chi connectivity index (χ0v) is 14.7. The average Bonchev–Trinajstić information content (AvgIpc) is 2.60. The van der Waals surface area contributed by atoms with Gasteiger partial charge < -0.3 is 15.3 Å². The molecule has 0 spiro atoms. The highest BCUT2D eigenvalue weighted by atomic mass is 16.4. The molecule has 2 N–H and O–H groups in total. The van der Waals surface area contributed by atoms with E-state index in [-0.39, 0.29) is 11.8 Å². The van der Waals surface area contributed by atoms with E-state index in [0.29, 0.717) is 37.2 Å². The quantitative estimate of drug-likeness (QED) is 0.881. The van der Waals surface area contributed by atoms with E-state index in [2.05, 4.69) is 12.2 Å². The molecule has 0 radical (unpaired) electrons. The Morgan fingerprint density at radius 2 is 1.92 bits per heavy atom. The van der Waals surface area contributed by atoms with Crippen LogP contribution in [0.15, 0.2) is 18.2 Å². The molecule has 0 bridgehead atoms. The molecule has 134 valence electrons. The molecular formula is C19H24N2O4. The van der Waals surface area contributed by atoms with Crippen molar-refractivity contribution in [2.75, 3.05) is 11.9 Å². The van der Waals surface area contributed by atoms with Crippen LogP contribution >= 0.6 is 0 Å². The summed E-state index contributed by atoms with van der Waals surface area (Å²) in [5.74, 6) is -0.776. The van der Waals surface area contributed by atoms with Gasteiger partial charge in [-0.2, -0.15) is 0 Å². The second kappa shape index (κ2) is 6.50. The summed E-state index contributed by atoms with van der Waals surface area (Å²) in [6.07, 6.45) is 3.52. The Kier molecular flexibility index (Phi) is 4.54. The summed E-state index contributed by atoms with van der Waals surface area (Å²) in [6, 6.07) is 5.19. The number of fused-ring (bicyclic) bond motifs is 1. The van der Waals surface area contributed by atoms with Crippen molar-refractivity contribution in [2.24, 2.45) is 5.92 Å². The molecule has 3 rings (SSSR count). The second-order valence-electron chi connectivity index (χ2n) is 7.32. The maximum atomic E-state index is 12.7. The van der Waals surface area contributed by atoms with Gasteiger partial charge in [-0.1, -0.05) is 6.92 Å². The number of carbonyl (C=O) groups is 3. The number of carboxylic acid groups (broad SMARTS) is 1. The van der Waals surface area contributed by atoms with Gasteiger partial charge in [0.1, 0.15) is 5.54 Å². The van der Waals surface area contributed by atoms with Crippen LogP contribution in [0.1, 0.15) is 54.9 Å². The minimum absolute atomic E-state index is 0.0610. The van der Waals surface area contributed by atoms with E-state index in [4.69, 9.17) is 0 Å². The third-order valence-electron chi connectivity index (χ3n) is 5.58. The Morgan fingerprint density at radius 1 is 1.24 bits per heavy atom. The van der Waals surface area contributed by atoms with Crippen LogP contribution in [0.25, 0.3) is 0 Å². The fourth-order valence-electron chi connectivity index (χ4n) is 3.73. The minimum Gasteiger partial charge on any atom is -0.480 e. The number of benzene rings is 1. The molecule has 1 aliphatic carbocycles. The molecule has 2 aliphatic rings. The summed E-state index contributed by atoms with van der Waals surface area (Å²) >= 11 is 0. The first kappa shape index (κ1) is 17.5. The molecule has 0 aromatic heterocycles. The Bertz CT molecular complexity index is 720. The van der Waals surface area contributed by atoms with Crippen molar-refractivity contribution in [3.8, 4) is 0 Å². The molecule has 25 heavy (non-hydrogen) atoms. The molecule has 0 atom stereocenters. The van der Waals surface area contributed by atoms with Gasteiger partial charge in [0.15, 0.2) is 0 Å². The molecule has 1 fully saturated rings. The predicted molar refractivity (Wildman–Crippen MR) is 93.6 cm³/mol. The maximum Gasteiger partial charge on any atom is 0.329 e. The first-order chi connectivity index (χ1) is 11.8. The van der Waals surface area contributed by atoms with E-state index in [1.807, 2.05) is 0 Å². The smallest absolute Gasteiger partial charge is 0.329 e. The Hall–Kier alpha value is -2.37. The molecular weight excluding hydrogens is 320 g/mol. The lowest BCUT2D eigenvalue weighted by molar-refractivity contribution is -0.146. The van der Waals surface area contributed by atoms with Crippen molar-refractivity contribution in [2.45, 2.75) is 51.0 Å². The number of rotatable bonds is 3. The van der Waals surface area contributed by atoms with Crippen molar-refractivity contribution in [3.05, 3.63) is 29.3 Å². The number of carbonyl (C=O) groups excluding carboxylic acids is 2. The SMILES string of the molecule is CC1CCC(NC(=O)c2ccc3c(c2)CCC(=O)N3C)(C(=O)O)CC1. The number of aliphatic carboxylic acids is 1. The van der Waals surface area contributed by atoms with Crippen LogP contribution in [0.2, 0.25) is 0 Å². The monoisotopic (exact) mass is 344 g/mol. The van der Waals surface area contributed by atoms with Gasteiger partial charge in [0.25, 0.3) is 5.91 Å². The lowest BCUT2D eigenvalue weighted by Gasteiger charge is -2.36. The third-order valence-corrected chi connectivity index (χ3v) is 5.58. The van der Waals surface area contributed by atoms with Gasteiger partial charge in [0.2, 0.25) is 5.91 Å². The number of hydrogen-bond donors (Lipinski definition) is 2. The van der Waals surface area contributed by atoms with E-state index in [1.165, 1.54) is 0 Å². The molecule has 1 aliphatic heterocycles. The molecule has 1 aromatic rings. The molecule has 1 saturated carbocycles. The van der Waals surface area contributed by atoms with Gasteiger partial charge in [0.05, 0.1) is 0 Å². The van der Waals surface area contributed by atoms with Gasteiger partial charge in [-0.05, 0) is 61.8 Å². The Labute approximate surface area is 147 Å². The fourth-order valence-corrected chi connectivity index (χ4v) is 3.73. The van der Waals surface area contributed by atoms with Crippen molar-refractivity contribution < 1.29 is 19.5 Å². The van der Waals surface area contributed by atoms with Crippen LogP contribution < -0.4 is 10.2 Å². The second-order valence-corrected chi connectivity index (χ2v) is 7.32. The number of hydrogen-bond acceptors (Lipinski definition) is 3. The van der Waals surface area contributed by atoms with Crippen LogP contribution in [-0.4, -0.2) is 35.5 Å². The third kappa shape index (κ3) is 3.25. The maximum absolute atomic E-state index is 12.7. The van der Waals surface area contributed by atoms with Gasteiger partial charge in [-0.15, -0.1) is 0 Å². The van der Waals surface area contributed by atoms with Gasteiger partial charge >= 0.3 is 5.97 Å². The van der Waals surface area contributed by atoms with Crippen molar-refractivity contribution >= 4 is 23.5 Å². The zero-order chi connectivity index (χ0) is 18.2. The summed E-state index contributed by atoms with van der Waals surface area (Å²) in [5, 5.41) is 12.4. The fraction of sp³-hybridized carbons (Fsp3) is 0.526. The number of nitrogens with zero attached hydrogens (tertiary/aromatic N) is 1. The van der Waals surface area contributed by atoms with Crippen molar-refractivity contribution in [1.29, 1.82) is 0 Å². The number of aryl methyl sites for hydroxylation is 1. The highest BCUT2D eigenvalue weighted by Crippen LogP contribution is 2.33. The summed E-state index contributed by atoms with van der Waals surface area (Å²) in [4.78, 5) is 37.8. The van der Waals surface area contributed by atoms with E-state index in [0.717, 1.165) is 24.1 Å². The summed E-state index contributed by atoms with van der Waals surface area (Å²) in [5.41, 5.74) is 1.02. The summed E-state index contributed by atoms with van der Waals surface area (Å²) in [7, 11) is 1.72. The number of anilines is 1. The van der Waals surface area contributed by atoms with Gasteiger partial charge in [-0.3, -0.25) is 9.59 Å². The van der Waals surface area contributed by atoms with E-state index >= 15 is 0 Å². The molecule has 6 nitrogen and oxygen atoms in total. The van der Waals surface area contributed by atoms with Crippen molar-refractivity contribution in [3.63, 3.8) is 0 Å². The molecule has 6 heteroatoms. The summed E-state index contributed by atoms with van der Waals surface area (Å²) in [6.45, 7) is 2.11. The average molecular weight is 344 g/mol. The number of nitrogens with one attached hydrogen (secondary N) is 1. The first-order valence-corrected chi connectivity index (χ1v) is 8.78. The lowest BCUT2D eigenvalue weighted by Crippen LogP contribution is -2.56. The Balaban J connectivity index is 1.81. The zero-order valence-electron chi connectivity index (χ0n) is 14.7. The van der Waals surface area contributed by atoms with Gasteiger partial charge in [0, 0.05) is 24.7 Å². The van der Waals surface area contributed by atoms with Crippen LogP contribution in [0.5, 0.6) is 0 Å². The molecule has 0 saturated heterocycles. The largest absolute Gasteiger partial charge is 0.480 e. The molecule has 0 unspecified atom stereocenters. The van der Waals surface area contributed by atoms with Crippen LogP contribution in [-0.2, 0) is 16.0 Å². The van der Waals surface area contributed by atoms with Gasteiger partial charge in [-0.25, -0.2) is 4.79 Å². The summed E-state index contributed by atoms with van der Waals surface area (Å²) < 4.78 is 0. The van der Waals surface area contributed by atoms with Crippen LogP contribution in [0, 0.1) is 5.92 Å². The van der Waals surface area contributed by atoms with E-state index in [9.17, 15) is 19.5 Å². The van der Waals surface area contributed by atoms with E-state index < -0.39 is 11.5 Å². The normalized spacial score (nSPS) is 26.1. The topological polar surface area (TPSA) is 86.7 Å². The number of carboxylic acids is 1. The van der Waals surface area contributed by atoms with Crippen LogP contribution in [0.4, 0.5) is 5.69 Å². The standard InChI is InChI=1S/C19H24N2O4/c1-12-7-9-19(10-8-12,18(24)25)20-17(23)14-3-5-15-13(11-14)4-6-16(22)21(15)2/h3,5,11-12H,4,6-10H2,1-2H3,(H,20,23)(H,24,25). The molecule has 2 amide bonds. The van der Waals surface area contributed by atoms with Crippen molar-refractivity contribution in [1.82, 2.24) is 5.32 Å². The first-order valence-electron chi connectivity index (χ1n) is 8.78. The number of amides is 2. The predicted octanol–water partition coefficient (Wildman–Crippen LogP) is 2.36. The lowest BCUT2D eigenvalue weighted by atomic mass is 9.77. The molecule has 1 heterocycles. The highest BCUT2D eigenvalue weighted by molar-refractivity contribution is 6.00. The minimum atomic E-state index is -1.17. The van der Waals surface area contributed by atoms with Crippen LogP contribution in [0.3, 0.4) is 0 Å². The van der Waals surface area contributed by atoms with E-state index in [1.54, 1.807) is 30.1 Å². The molecule has 1 aromatic carbocycles.